The van der Waals surface area contributed by atoms with Crippen molar-refractivity contribution in [2.75, 3.05) is 13.2 Å². The lowest BCUT2D eigenvalue weighted by Crippen LogP contribution is -2.21. The van der Waals surface area contributed by atoms with Gasteiger partial charge in [0.15, 0.2) is 5.82 Å². The average Bonchev–Trinajstić information content (AvgIpc) is 2.99. The SMILES string of the molecule is CCOC1OCC(Cn2c(C)c(C)c(C#N)c2N=CN)O1. The highest BCUT2D eigenvalue weighted by atomic mass is 16.9. The lowest BCUT2D eigenvalue weighted by molar-refractivity contribution is -0.235. The minimum atomic E-state index is -0.617. The number of aliphatic imine (C=N–C) groups is 1. The molecule has 7 heteroatoms. The number of ether oxygens (including phenoxy) is 3. The molecule has 2 atom stereocenters. The van der Waals surface area contributed by atoms with E-state index in [1.54, 1.807) is 0 Å². The molecule has 0 radical (unpaired) electrons. The Morgan fingerprint density at radius 3 is 2.95 bits per heavy atom. The van der Waals surface area contributed by atoms with E-state index in [1.807, 2.05) is 25.3 Å². The van der Waals surface area contributed by atoms with Crippen molar-refractivity contribution in [1.82, 2.24) is 4.57 Å². The van der Waals surface area contributed by atoms with Crippen LogP contribution in [0.3, 0.4) is 0 Å². The zero-order valence-corrected chi connectivity index (χ0v) is 12.5. The third-order valence-corrected chi connectivity index (χ3v) is 3.52. The molecule has 21 heavy (non-hydrogen) atoms. The van der Waals surface area contributed by atoms with Crippen molar-refractivity contribution in [2.24, 2.45) is 10.7 Å². The molecule has 2 unspecified atom stereocenters. The summed E-state index contributed by atoms with van der Waals surface area (Å²) in [7, 11) is 0. The van der Waals surface area contributed by atoms with Gasteiger partial charge in [-0.25, -0.2) is 4.99 Å². The van der Waals surface area contributed by atoms with Crippen LogP contribution >= 0.6 is 0 Å². The molecule has 1 aromatic rings. The zero-order valence-electron chi connectivity index (χ0n) is 12.5. The van der Waals surface area contributed by atoms with Crippen LogP contribution in [0, 0.1) is 25.2 Å². The van der Waals surface area contributed by atoms with Gasteiger partial charge in [0, 0.05) is 12.3 Å². The molecule has 0 saturated carbocycles. The smallest absolute Gasteiger partial charge is 0.272 e. The quantitative estimate of drug-likeness (QED) is 0.652. The van der Waals surface area contributed by atoms with Crippen LogP contribution < -0.4 is 5.73 Å². The molecule has 0 aromatic carbocycles. The number of hydrogen-bond acceptors (Lipinski definition) is 5. The predicted molar refractivity (Wildman–Crippen MR) is 77.2 cm³/mol. The topological polar surface area (TPSA) is 94.8 Å². The van der Waals surface area contributed by atoms with E-state index in [1.165, 1.54) is 6.34 Å². The summed E-state index contributed by atoms with van der Waals surface area (Å²) in [6, 6.07) is 2.18. The van der Waals surface area contributed by atoms with Crippen molar-refractivity contribution in [1.29, 1.82) is 5.26 Å². The molecule has 2 heterocycles. The van der Waals surface area contributed by atoms with Gasteiger partial charge in [0.05, 0.1) is 25.1 Å². The minimum absolute atomic E-state index is 0.148. The lowest BCUT2D eigenvalue weighted by Gasteiger charge is -2.14. The molecular formula is C14H20N4O3. The molecule has 1 fully saturated rings. The van der Waals surface area contributed by atoms with Gasteiger partial charge >= 0.3 is 0 Å². The molecule has 1 aliphatic heterocycles. The summed E-state index contributed by atoms with van der Waals surface area (Å²) >= 11 is 0. The molecule has 114 valence electrons. The van der Waals surface area contributed by atoms with E-state index in [0.717, 1.165) is 11.3 Å². The number of nitriles is 1. The standard InChI is InChI=1S/C14H20N4O3/c1-4-19-14-20-7-11(21-14)6-18-10(3)9(2)12(5-15)13(18)17-8-16/h8,11,14H,4,6-7H2,1-3H3,(H2,16,17). The summed E-state index contributed by atoms with van der Waals surface area (Å²) in [5.41, 5.74) is 7.80. The number of nitrogens with zero attached hydrogens (tertiary/aromatic N) is 3. The second kappa shape index (κ2) is 6.72. The second-order valence-corrected chi connectivity index (χ2v) is 4.75. The van der Waals surface area contributed by atoms with Crippen LogP contribution in [0.15, 0.2) is 4.99 Å². The molecule has 0 amide bonds. The number of aromatic nitrogens is 1. The predicted octanol–water partition coefficient (Wildman–Crippen LogP) is 1.33. The molecule has 2 N–H and O–H groups in total. The molecule has 0 spiro atoms. The van der Waals surface area contributed by atoms with E-state index in [-0.39, 0.29) is 6.10 Å². The average molecular weight is 292 g/mol. The van der Waals surface area contributed by atoms with Gasteiger partial charge in [0.25, 0.3) is 6.48 Å². The molecular weight excluding hydrogens is 272 g/mol. The first kappa shape index (κ1) is 15.5. The van der Waals surface area contributed by atoms with Crippen LogP contribution in [0.2, 0.25) is 0 Å². The molecule has 1 aliphatic rings. The third kappa shape index (κ3) is 3.08. The maximum Gasteiger partial charge on any atom is 0.272 e. The first-order valence-electron chi connectivity index (χ1n) is 6.85. The van der Waals surface area contributed by atoms with Gasteiger partial charge in [-0.15, -0.1) is 0 Å². The molecule has 0 aliphatic carbocycles. The maximum absolute atomic E-state index is 9.28. The lowest BCUT2D eigenvalue weighted by atomic mass is 10.2. The Bertz CT molecular complexity index is 574. The fraction of sp³-hybridized carbons (Fsp3) is 0.571. The van der Waals surface area contributed by atoms with Gasteiger partial charge in [-0.05, 0) is 26.3 Å². The van der Waals surface area contributed by atoms with Crippen LogP contribution in [0.25, 0.3) is 0 Å². The fourth-order valence-electron chi connectivity index (χ4n) is 2.35. The van der Waals surface area contributed by atoms with E-state index in [0.29, 0.717) is 31.1 Å². The van der Waals surface area contributed by atoms with Gasteiger partial charge in [0.2, 0.25) is 0 Å². The maximum atomic E-state index is 9.28. The molecule has 0 bridgehead atoms. The Balaban J connectivity index is 2.23. The van der Waals surface area contributed by atoms with E-state index >= 15 is 0 Å². The Labute approximate surface area is 123 Å². The minimum Gasteiger partial charge on any atom is -0.390 e. The summed E-state index contributed by atoms with van der Waals surface area (Å²) in [4.78, 5) is 4.12. The zero-order chi connectivity index (χ0) is 15.4. The second-order valence-electron chi connectivity index (χ2n) is 4.75. The van der Waals surface area contributed by atoms with Gasteiger partial charge < -0.3 is 24.5 Å². The molecule has 1 aromatic heterocycles. The summed E-state index contributed by atoms with van der Waals surface area (Å²) in [6.45, 7) is 6.61. The van der Waals surface area contributed by atoms with E-state index in [9.17, 15) is 5.26 Å². The number of rotatable bonds is 5. The van der Waals surface area contributed by atoms with Crippen molar-refractivity contribution < 1.29 is 14.2 Å². The van der Waals surface area contributed by atoms with Crippen molar-refractivity contribution in [3.05, 3.63) is 16.8 Å². The van der Waals surface area contributed by atoms with Crippen molar-refractivity contribution in [2.45, 2.75) is 39.9 Å². The molecule has 2 rings (SSSR count). The molecule has 1 saturated heterocycles. The Hall–Kier alpha value is -1.88. The summed E-state index contributed by atoms with van der Waals surface area (Å²) in [6.07, 6.45) is 1.05. The third-order valence-electron chi connectivity index (χ3n) is 3.52. The normalized spacial score (nSPS) is 22.0. The van der Waals surface area contributed by atoms with E-state index in [4.69, 9.17) is 19.9 Å². The van der Waals surface area contributed by atoms with Crippen LogP contribution in [-0.4, -0.2) is 36.7 Å². The highest BCUT2D eigenvalue weighted by Gasteiger charge is 2.28. The van der Waals surface area contributed by atoms with E-state index in [2.05, 4.69) is 11.1 Å². The first-order valence-corrected chi connectivity index (χ1v) is 6.85. The monoisotopic (exact) mass is 292 g/mol. The van der Waals surface area contributed by atoms with Crippen molar-refractivity contribution in [3.63, 3.8) is 0 Å². The highest BCUT2D eigenvalue weighted by Crippen LogP contribution is 2.29. The fourth-order valence-corrected chi connectivity index (χ4v) is 2.35. The van der Waals surface area contributed by atoms with Gasteiger partial charge in [-0.2, -0.15) is 5.26 Å². The van der Waals surface area contributed by atoms with Crippen molar-refractivity contribution in [3.8, 4) is 6.07 Å². The van der Waals surface area contributed by atoms with Crippen LogP contribution in [0.4, 0.5) is 5.82 Å². The Morgan fingerprint density at radius 2 is 2.33 bits per heavy atom. The molecule has 7 nitrogen and oxygen atoms in total. The van der Waals surface area contributed by atoms with Crippen LogP contribution in [0.5, 0.6) is 0 Å². The van der Waals surface area contributed by atoms with Gasteiger partial charge in [0.1, 0.15) is 12.2 Å². The van der Waals surface area contributed by atoms with E-state index < -0.39 is 6.48 Å². The Kier molecular flexibility index (Phi) is 4.96. The summed E-state index contributed by atoms with van der Waals surface area (Å²) in [5, 5.41) is 9.28. The highest BCUT2D eigenvalue weighted by molar-refractivity contribution is 5.65. The first-order chi connectivity index (χ1) is 10.1. The van der Waals surface area contributed by atoms with Crippen LogP contribution in [-0.2, 0) is 20.8 Å². The van der Waals surface area contributed by atoms with Gasteiger partial charge in [-0.1, -0.05) is 0 Å². The summed E-state index contributed by atoms with van der Waals surface area (Å²) < 4.78 is 18.2. The van der Waals surface area contributed by atoms with Gasteiger partial charge in [-0.3, -0.25) is 0 Å². The largest absolute Gasteiger partial charge is 0.390 e. The number of nitrogens with two attached hydrogens (primary N) is 1. The number of hydrogen-bond donors (Lipinski definition) is 1. The summed E-state index contributed by atoms with van der Waals surface area (Å²) in [5.74, 6) is 0.554. The Morgan fingerprint density at radius 1 is 1.57 bits per heavy atom. The van der Waals surface area contributed by atoms with Crippen LogP contribution in [0.1, 0.15) is 23.7 Å². The van der Waals surface area contributed by atoms with Crippen molar-refractivity contribution >= 4 is 12.2 Å².